The van der Waals surface area contributed by atoms with Crippen molar-refractivity contribution in [2.45, 2.75) is 32.0 Å². The molecule has 1 aliphatic heterocycles. The molecular formula is C24H27N3O2S. The van der Waals surface area contributed by atoms with Gasteiger partial charge in [0.05, 0.1) is 24.8 Å². The van der Waals surface area contributed by atoms with Crippen LogP contribution in [0.4, 0.5) is 5.69 Å². The number of hydrogen-bond donors (Lipinski definition) is 0. The van der Waals surface area contributed by atoms with Gasteiger partial charge in [0.25, 0.3) is 0 Å². The number of ether oxygens (including phenoxy) is 1. The highest BCUT2D eigenvalue weighted by molar-refractivity contribution is 7.99. The molecule has 0 atom stereocenters. The van der Waals surface area contributed by atoms with Crippen LogP contribution in [0.5, 0.6) is 5.75 Å². The topological polar surface area (TPSA) is 47.4 Å². The molecule has 0 saturated carbocycles. The van der Waals surface area contributed by atoms with Crippen LogP contribution in [0.25, 0.3) is 11.3 Å². The van der Waals surface area contributed by atoms with Gasteiger partial charge in [-0.15, -0.1) is 0 Å². The van der Waals surface area contributed by atoms with Gasteiger partial charge in [-0.25, -0.2) is 4.98 Å². The number of carbonyl (C=O) groups is 1. The smallest absolute Gasteiger partial charge is 0.237 e. The number of methoxy groups -OCH3 is 1. The predicted molar refractivity (Wildman–Crippen MR) is 122 cm³/mol. The first-order chi connectivity index (χ1) is 14.6. The number of para-hydroxylation sites is 1. The number of imidazole rings is 1. The first-order valence-electron chi connectivity index (χ1n) is 10.3. The number of anilines is 1. The quantitative estimate of drug-likeness (QED) is 0.509. The van der Waals surface area contributed by atoms with Gasteiger partial charge in [0.15, 0.2) is 5.16 Å². The largest absolute Gasteiger partial charge is 0.497 e. The molecule has 0 spiro atoms. The lowest BCUT2D eigenvalue weighted by Crippen LogP contribution is -2.30. The van der Waals surface area contributed by atoms with Crippen LogP contribution in [0, 0.1) is 5.92 Å². The predicted octanol–water partition coefficient (Wildman–Crippen LogP) is 4.90. The van der Waals surface area contributed by atoms with Gasteiger partial charge in [0.1, 0.15) is 5.75 Å². The molecule has 5 nitrogen and oxygen atoms in total. The minimum atomic E-state index is 0.134. The maximum absolute atomic E-state index is 12.9. The monoisotopic (exact) mass is 421 g/mol. The lowest BCUT2D eigenvalue weighted by molar-refractivity contribution is -0.116. The average Bonchev–Trinajstić information content (AvgIpc) is 3.36. The molecule has 3 aromatic rings. The maximum atomic E-state index is 12.9. The first kappa shape index (κ1) is 20.5. The molecule has 0 radical (unpaired) electrons. The molecule has 1 aromatic heterocycles. The molecule has 4 rings (SSSR count). The fourth-order valence-electron chi connectivity index (χ4n) is 3.81. The van der Waals surface area contributed by atoms with E-state index in [0.717, 1.165) is 47.4 Å². The van der Waals surface area contributed by atoms with Crippen LogP contribution in [-0.2, 0) is 17.8 Å². The Morgan fingerprint density at radius 2 is 1.93 bits per heavy atom. The molecule has 0 N–H and O–H groups in total. The van der Waals surface area contributed by atoms with E-state index in [4.69, 9.17) is 4.74 Å². The van der Waals surface area contributed by atoms with Crippen molar-refractivity contribution in [3.63, 3.8) is 0 Å². The fourth-order valence-corrected chi connectivity index (χ4v) is 4.67. The van der Waals surface area contributed by atoms with Crippen molar-refractivity contribution in [2.24, 2.45) is 5.92 Å². The zero-order valence-corrected chi connectivity index (χ0v) is 18.5. The molecular weight excluding hydrogens is 394 g/mol. The van der Waals surface area contributed by atoms with Crippen molar-refractivity contribution in [3.05, 3.63) is 60.3 Å². The highest BCUT2D eigenvalue weighted by atomic mass is 32.2. The number of carbonyl (C=O) groups excluding carboxylic acids is 1. The van der Waals surface area contributed by atoms with E-state index in [1.165, 1.54) is 17.3 Å². The number of fused-ring (bicyclic) bond motifs is 1. The summed E-state index contributed by atoms with van der Waals surface area (Å²) < 4.78 is 7.50. The molecule has 1 aliphatic rings. The molecule has 30 heavy (non-hydrogen) atoms. The second kappa shape index (κ2) is 8.96. The lowest BCUT2D eigenvalue weighted by atomic mass is 10.1. The third-order valence-electron chi connectivity index (χ3n) is 5.27. The summed E-state index contributed by atoms with van der Waals surface area (Å²) in [5, 5.41) is 0.885. The standard InChI is InChI=1S/C24H27N3O2S/c1-17(2)15-27-22(19-8-10-20(29-3)11-9-19)14-25-24(27)30-16-23(28)26-13-12-18-6-4-5-7-21(18)26/h4-11,14,17H,12-13,15-16H2,1-3H3. The number of amides is 1. The number of hydrogen-bond acceptors (Lipinski definition) is 4. The Morgan fingerprint density at radius 1 is 1.17 bits per heavy atom. The molecule has 0 bridgehead atoms. The molecule has 1 amide bonds. The lowest BCUT2D eigenvalue weighted by Gasteiger charge is -2.18. The van der Waals surface area contributed by atoms with Crippen LogP contribution < -0.4 is 9.64 Å². The Bertz CT molecular complexity index is 1030. The summed E-state index contributed by atoms with van der Waals surface area (Å²) in [5.41, 5.74) is 4.45. The molecule has 0 unspecified atom stereocenters. The van der Waals surface area contributed by atoms with Crippen LogP contribution in [-0.4, -0.2) is 34.9 Å². The number of aromatic nitrogens is 2. The van der Waals surface area contributed by atoms with Crippen LogP contribution in [0.1, 0.15) is 19.4 Å². The van der Waals surface area contributed by atoms with E-state index in [9.17, 15) is 4.79 Å². The molecule has 0 aliphatic carbocycles. The summed E-state index contributed by atoms with van der Waals surface area (Å²) in [6.45, 7) is 6.00. The zero-order valence-electron chi connectivity index (χ0n) is 17.7. The van der Waals surface area contributed by atoms with E-state index < -0.39 is 0 Å². The summed E-state index contributed by atoms with van der Waals surface area (Å²) >= 11 is 1.52. The van der Waals surface area contributed by atoms with Gasteiger partial charge in [0, 0.05) is 24.3 Å². The van der Waals surface area contributed by atoms with E-state index in [-0.39, 0.29) is 5.91 Å². The molecule has 6 heteroatoms. The Balaban J connectivity index is 1.52. The molecule has 156 valence electrons. The van der Waals surface area contributed by atoms with Crippen molar-refractivity contribution in [1.82, 2.24) is 9.55 Å². The van der Waals surface area contributed by atoms with E-state index in [1.54, 1.807) is 7.11 Å². The Morgan fingerprint density at radius 3 is 2.67 bits per heavy atom. The normalized spacial score (nSPS) is 13.0. The van der Waals surface area contributed by atoms with Gasteiger partial charge in [0.2, 0.25) is 5.91 Å². The Kier molecular flexibility index (Phi) is 6.13. The van der Waals surface area contributed by atoms with Crippen molar-refractivity contribution in [1.29, 1.82) is 0 Å². The van der Waals surface area contributed by atoms with E-state index in [0.29, 0.717) is 11.7 Å². The molecule has 2 aromatic carbocycles. The summed E-state index contributed by atoms with van der Waals surface area (Å²) in [5.74, 6) is 1.82. The van der Waals surface area contributed by atoms with Gasteiger partial charge < -0.3 is 14.2 Å². The minimum absolute atomic E-state index is 0.134. The molecule has 0 saturated heterocycles. The van der Waals surface area contributed by atoms with Crippen molar-refractivity contribution in [2.75, 3.05) is 24.3 Å². The SMILES string of the molecule is COc1ccc(-c2cnc(SCC(=O)N3CCc4ccccc43)n2CC(C)C)cc1. The fraction of sp³-hybridized carbons (Fsp3) is 0.333. The second-order valence-corrected chi connectivity index (χ2v) is 8.81. The van der Waals surface area contributed by atoms with Crippen molar-refractivity contribution in [3.8, 4) is 17.0 Å². The van der Waals surface area contributed by atoms with Crippen molar-refractivity contribution >= 4 is 23.4 Å². The first-order valence-corrected chi connectivity index (χ1v) is 11.3. The maximum Gasteiger partial charge on any atom is 0.237 e. The van der Waals surface area contributed by atoms with E-state index in [1.807, 2.05) is 53.6 Å². The van der Waals surface area contributed by atoms with Gasteiger partial charge in [-0.2, -0.15) is 0 Å². The molecule has 2 heterocycles. The summed E-state index contributed by atoms with van der Waals surface area (Å²) in [6.07, 6.45) is 2.83. The van der Waals surface area contributed by atoms with Gasteiger partial charge >= 0.3 is 0 Å². The Labute approximate surface area is 182 Å². The second-order valence-electron chi connectivity index (χ2n) is 7.87. The third kappa shape index (κ3) is 4.24. The van der Waals surface area contributed by atoms with Crippen LogP contribution in [0.2, 0.25) is 0 Å². The van der Waals surface area contributed by atoms with Crippen molar-refractivity contribution < 1.29 is 9.53 Å². The van der Waals surface area contributed by atoms with Crippen LogP contribution in [0.3, 0.4) is 0 Å². The number of thioether (sulfide) groups is 1. The van der Waals surface area contributed by atoms with Crippen LogP contribution in [0.15, 0.2) is 59.9 Å². The highest BCUT2D eigenvalue weighted by Crippen LogP contribution is 2.31. The van der Waals surface area contributed by atoms with Gasteiger partial charge in [-0.1, -0.05) is 43.8 Å². The molecule has 0 fully saturated rings. The van der Waals surface area contributed by atoms with Gasteiger partial charge in [-0.3, -0.25) is 4.79 Å². The Hall–Kier alpha value is -2.73. The van der Waals surface area contributed by atoms with E-state index in [2.05, 4.69) is 29.5 Å². The third-order valence-corrected chi connectivity index (χ3v) is 6.24. The summed E-state index contributed by atoms with van der Waals surface area (Å²) in [4.78, 5) is 19.5. The number of nitrogens with zero attached hydrogens (tertiary/aromatic N) is 3. The number of benzene rings is 2. The van der Waals surface area contributed by atoms with E-state index >= 15 is 0 Å². The number of rotatable bonds is 7. The zero-order chi connectivity index (χ0) is 21.1. The summed E-state index contributed by atoms with van der Waals surface area (Å²) in [6, 6.07) is 16.2. The minimum Gasteiger partial charge on any atom is -0.497 e. The summed E-state index contributed by atoms with van der Waals surface area (Å²) in [7, 11) is 1.67. The average molecular weight is 422 g/mol. The van der Waals surface area contributed by atoms with Crippen LogP contribution >= 0.6 is 11.8 Å². The van der Waals surface area contributed by atoms with Gasteiger partial charge in [-0.05, 0) is 48.2 Å². The highest BCUT2D eigenvalue weighted by Gasteiger charge is 2.24.